The van der Waals surface area contributed by atoms with Crippen LogP contribution in [0.5, 0.6) is 0 Å². The second-order valence-corrected chi connectivity index (χ2v) is 4.61. The van der Waals surface area contributed by atoms with Gasteiger partial charge in [-0.2, -0.15) is 0 Å². The van der Waals surface area contributed by atoms with Crippen LogP contribution < -0.4 is 0 Å². The summed E-state index contributed by atoms with van der Waals surface area (Å²) in [5, 5.41) is 10.7. The lowest BCUT2D eigenvalue weighted by Gasteiger charge is -2.20. The SMILES string of the molecule is CCN(CCO)Cc1ccc(Cl)c2cccnc12. The third-order valence-electron chi connectivity index (χ3n) is 3.06. The molecule has 3 nitrogen and oxygen atoms in total. The second-order valence-electron chi connectivity index (χ2n) is 4.20. The largest absolute Gasteiger partial charge is 0.395 e. The number of aliphatic hydroxyl groups is 1. The molecule has 2 aromatic rings. The van der Waals surface area contributed by atoms with Crippen molar-refractivity contribution < 1.29 is 5.11 Å². The quantitative estimate of drug-likeness (QED) is 0.902. The van der Waals surface area contributed by atoms with E-state index in [1.807, 2.05) is 24.3 Å². The van der Waals surface area contributed by atoms with Crippen molar-refractivity contribution in [2.45, 2.75) is 13.5 Å². The molecule has 0 saturated heterocycles. The van der Waals surface area contributed by atoms with Gasteiger partial charge in [0.1, 0.15) is 0 Å². The molecule has 0 spiro atoms. The van der Waals surface area contributed by atoms with Crippen molar-refractivity contribution in [3.8, 4) is 0 Å². The molecule has 0 aliphatic heterocycles. The second kappa shape index (κ2) is 6.14. The Bertz CT molecular complexity index is 530. The summed E-state index contributed by atoms with van der Waals surface area (Å²) in [4.78, 5) is 6.59. The lowest BCUT2D eigenvalue weighted by Crippen LogP contribution is -2.26. The molecular formula is C14H17ClN2O. The summed E-state index contributed by atoms with van der Waals surface area (Å²) in [6.45, 7) is 4.61. The van der Waals surface area contributed by atoms with Crippen molar-refractivity contribution in [3.63, 3.8) is 0 Å². The van der Waals surface area contributed by atoms with Gasteiger partial charge in [-0.15, -0.1) is 0 Å². The monoisotopic (exact) mass is 264 g/mol. The highest BCUT2D eigenvalue weighted by Gasteiger charge is 2.09. The molecule has 0 saturated carbocycles. The Hall–Kier alpha value is -1.16. The van der Waals surface area contributed by atoms with Gasteiger partial charge < -0.3 is 5.11 Å². The van der Waals surface area contributed by atoms with E-state index in [1.165, 1.54) is 0 Å². The zero-order valence-corrected chi connectivity index (χ0v) is 11.2. The van der Waals surface area contributed by atoms with Crippen molar-refractivity contribution in [2.75, 3.05) is 19.7 Å². The molecule has 96 valence electrons. The first-order valence-corrected chi connectivity index (χ1v) is 6.49. The molecule has 0 amide bonds. The fourth-order valence-electron chi connectivity index (χ4n) is 2.06. The zero-order valence-electron chi connectivity index (χ0n) is 10.4. The fraction of sp³-hybridized carbons (Fsp3) is 0.357. The standard InChI is InChI=1S/C14H17ClN2O/c1-2-17(8-9-18)10-11-5-6-13(15)12-4-3-7-16-14(11)12/h3-7,18H,2,8-10H2,1H3. The summed E-state index contributed by atoms with van der Waals surface area (Å²) in [5.74, 6) is 0. The first kappa shape index (κ1) is 13.3. The van der Waals surface area contributed by atoms with Crippen LogP contribution in [0.1, 0.15) is 12.5 Å². The summed E-state index contributed by atoms with van der Waals surface area (Å²) >= 11 is 6.17. The number of likely N-dealkylation sites (N-methyl/N-ethyl adjacent to an activating group) is 1. The third kappa shape index (κ3) is 2.80. The average molecular weight is 265 g/mol. The molecule has 18 heavy (non-hydrogen) atoms. The maximum atomic E-state index is 9.02. The molecule has 0 fully saturated rings. The minimum Gasteiger partial charge on any atom is -0.395 e. The van der Waals surface area contributed by atoms with Crippen molar-refractivity contribution in [1.29, 1.82) is 0 Å². The van der Waals surface area contributed by atoms with Gasteiger partial charge in [-0.05, 0) is 30.3 Å². The minimum absolute atomic E-state index is 0.173. The zero-order chi connectivity index (χ0) is 13.0. The van der Waals surface area contributed by atoms with Crippen molar-refractivity contribution in [2.24, 2.45) is 0 Å². The molecule has 0 radical (unpaired) electrons. The van der Waals surface area contributed by atoms with E-state index in [1.54, 1.807) is 6.20 Å². The van der Waals surface area contributed by atoms with Gasteiger partial charge in [0.25, 0.3) is 0 Å². The summed E-state index contributed by atoms with van der Waals surface area (Å²) in [5.41, 5.74) is 2.09. The smallest absolute Gasteiger partial charge is 0.0761 e. The average Bonchev–Trinajstić information content (AvgIpc) is 2.41. The maximum absolute atomic E-state index is 9.02. The normalized spacial score (nSPS) is 11.3. The molecule has 4 heteroatoms. The predicted octanol–water partition coefficient (Wildman–Crippen LogP) is 2.70. The Balaban J connectivity index is 2.36. The Morgan fingerprint density at radius 2 is 2.17 bits per heavy atom. The van der Waals surface area contributed by atoms with E-state index in [-0.39, 0.29) is 6.61 Å². The molecule has 0 unspecified atom stereocenters. The summed E-state index contributed by atoms with van der Waals surface area (Å²) in [6, 6.07) is 7.80. The Morgan fingerprint density at radius 1 is 1.33 bits per heavy atom. The minimum atomic E-state index is 0.173. The summed E-state index contributed by atoms with van der Waals surface area (Å²) < 4.78 is 0. The molecule has 1 aromatic carbocycles. The molecule has 0 aliphatic rings. The van der Waals surface area contributed by atoms with E-state index in [0.29, 0.717) is 6.54 Å². The molecule has 1 aromatic heterocycles. The predicted molar refractivity (Wildman–Crippen MR) is 74.8 cm³/mol. The Labute approximate surface area is 112 Å². The number of halogens is 1. The number of hydrogen-bond donors (Lipinski definition) is 1. The van der Waals surface area contributed by atoms with Gasteiger partial charge in [0.15, 0.2) is 0 Å². The van der Waals surface area contributed by atoms with Gasteiger partial charge in [-0.3, -0.25) is 9.88 Å². The maximum Gasteiger partial charge on any atom is 0.0761 e. The number of pyridine rings is 1. The number of rotatable bonds is 5. The number of fused-ring (bicyclic) bond motifs is 1. The molecule has 0 aliphatic carbocycles. The van der Waals surface area contributed by atoms with E-state index < -0.39 is 0 Å². The Morgan fingerprint density at radius 3 is 2.89 bits per heavy atom. The van der Waals surface area contributed by atoms with Crippen LogP contribution in [0.4, 0.5) is 0 Å². The van der Waals surface area contributed by atoms with Crippen LogP contribution in [0.2, 0.25) is 5.02 Å². The van der Waals surface area contributed by atoms with Crippen LogP contribution in [0, 0.1) is 0 Å². The van der Waals surface area contributed by atoms with Crippen LogP contribution in [-0.2, 0) is 6.54 Å². The van der Waals surface area contributed by atoms with Crippen LogP contribution in [0.15, 0.2) is 30.5 Å². The van der Waals surface area contributed by atoms with Gasteiger partial charge in [-0.25, -0.2) is 0 Å². The van der Waals surface area contributed by atoms with E-state index in [9.17, 15) is 0 Å². The molecular weight excluding hydrogens is 248 g/mol. The van der Waals surface area contributed by atoms with Crippen molar-refractivity contribution >= 4 is 22.5 Å². The van der Waals surface area contributed by atoms with E-state index in [4.69, 9.17) is 16.7 Å². The topological polar surface area (TPSA) is 36.4 Å². The molecule has 1 N–H and O–H groups in total. The number of nitrogens with zero attached hydrogens (tertiary/aromatic N) is 2. The van der Waals surface area contributed by atoms with Gasteiger partial charge in [0.2, 0.25) is 0 Å². The van der Waals surface area contributed by atoms with Crippen molar-refractivity contribution in [1.82, 2.24) is 9.88 Å². The van der Waals surface area contributed by atoms with Gasteiger partial charge in [0, 0.05) is 29.7 Å². The number of aromatic nitrogens is 1. The summed E-state index contributed by atoms with van der Waals surface area (Å²) in [6.07, 6.45) is 1.78. The number of aliphatic hydroxyl groups excluding tert-OH is 1. The number of hydrogen-bond acceptors (Lipinski definition) is 3. The number of benzene rings is 1. The van der Waals surface area contributed by atoms with E-state index in [0.717, 1.165) is 34.6 Å². The van der Waals surface area contributed by atoms with Crippen LogP contribution >= 0.6 is 11.6 Å². The van der Waals surface area contributed by atoms with Crippen molar-refractivity contribution in [3.05, 3.63) is 41.0 Å². The highest BCUT2D eigenvalue weighted by atomic mass is 35.5. The molecule has 0 bridgehead atoms. The Kier molecular flexibility index (Phi) is 4.53. The first-order valence-electron chi connectivity index (χ1n) is 6.11. The summed E-state index contributed by atoms with van der Waals surface area (Å²) in [7, 11) is 0. The lowest BCUT2D eigenvalue weighted by atomic mass is 10.1. The van der Waals surface area contributed by atoms with Gasteiger partial charge >= 0.3 is 0 Å². The van der Waals surface area contributed by atoms with Crippen LogP contribution in [-0.4, -0.2) is 34.7 Å². The highest BCUT2D eigenvalue weighted by molar-refractivity contribution is 6.35. The lowest BCUT2D eigenvalue weighted by molar-refractivity contribution is 0.197. The molecule has 1 heterocycles. The van der Waals surface area contributed by atoms with E-state index in [2.05, 4.69) is 16.8 Å². The van der Waals surface area contributed by atoms with Crippen LogP contribution in [0.3, 0.4) is 0 Å². The molecule has 2 rings (SSSR count). The molecule has 0 atom stereocenters. The highest BCUT2D eigenvalue weighted by Crippen LogP contribution is 2.25. The third-order valence-corrected chi connectivity index (χ3v) is 3.39. The van der Waals surface area contributed by atoms with Gasteiger partial charge in [-0.1, -0.05) is 24.6 Å². The fourth-order valence-corrected chi connectivity index (χ4v) is 2.27. The first-order chi connectivity index (χ1) is 8.76. The van der Waals surface area contributed by atoms with Crippen LogP contribution in [0.25, 0.3) is 10.9 Å². The van der Waals surface area contributed by atoms with E-state index >= 15 is 0 Å². The van der Waals surface area contributed by atoms with Gasteiger partial charge in [0.05, 0.1) is 12.1 Å².